The molecule has 0 fully saturated rings. The van der Waals surface area contributed by atoms with Crippen LogP contribution in [-0.2, 0) is 4.79 Å². The lowest BCUT2D eigenvalue weighted by atomic mass is 10.2. The number of rotatable bonds is 7. The van der Waals surface area contributed by atoms with Gasteiger partial charge in [-0.2, -0.15) is 0 Å². The minimum atomic E-state index is -0.904. The van der Waals surface area contributed by atoms with E-state index in [4.69, 9.17) is 10.5 Å². The van der Waals surface area contributed by atoms with Crippen molar-refractivity contribution >= 4 is 28.9 Å². The van der Waals surface area contributed by atoms with Gasteiger partial charge in [-0.15, -0.1) is 0 Å². The maximum Gasteiger partial charge on any atom is 0.296 e. The van der Waals surface area contributed by atoms with Gasteiger partial charge in [-0.1, -0.05) is 0 Å². The summed E-state index contributed by atoms with van der Waals surface area (Å²) in [5, 5.41) is 16.1. The fourth-order valence-corrected chi connectivity index (χ4v) is 2.10. The smallest absolute Gasteiger partial charge is 0.296 e. The number of amides is 2. The number of carbonyl (C=O) groups is 2. The van der Waals surface area contributed by atoms with Crippen LogP contribution in [0.3, 0.4) is 0 Å². The summed E-state index contributed by atoms with van der Waals surface area (Å²) in [4.78, 5) is 33.4. The Labute approximate surface area is 147 Å². The second-order valence-electron chi connectivity index (χ2n) is 5.10. The van der Waals surface area contributed by atoms with Crippen LogP contribution in [0.2, 0.25) is 0 Å². The molecule has 0 atom stereocenters. The largest absolute Gasteiger partial charge is 0.496 e. The van der Waals surface area contributed by atoms with Gasteiger partial charge in [0.05, 0.1) is 30.2 Å². The number of methoxy groups -OCH3 is 1. The van der Waals surface area contributed by atoms with E-state index in [0.717, 1.165) is 6.07 Å². The summed E-state index contributed by atoms with van der Waals surface area (Å²) in [6.45, 7) is -0.279. The van der Waals surface area contributed by atoms with E-state index in [2.05, 4.69) is 10.6 Å². The molecule has 0 heterocycles. The molecule has 0 aromatic heterocycles. The monoisotopic (exact) mass is 362 g/mol. The van der Waals surface area contributed by atoms with Crippen LogP contribution < -0.4 is 21.1 Å². The van der Waals surface area contributed by atoms with Crippen molar-refractivity contribution in [1.29, 1.82) is 0 Å². The average Bonchev–Trinajstić information content (AvgIpc) is 2.59. The molecule has 0 saturated carbocycles. The SMILES string of the molecule is COc1ccc(NC(=O)CNc2ccc(C(N)=O)c(F)c2)c([N+](=O)[O-])c1. The molecule has 0 spiro atoms. The van der Waals surface area contributed by atoms with Gasteiger partial charge in [0, 0.05) is 5.69 Å². The van der Waals surface area contributed by atoms with Crippen LogP contribution in [0.15, 0.2) is 36.4 Å². The second kappa shape index (κ2) is 7.92. The first-order valence-corrected chi connectivity index (χ1v) is 7.27. The van der Waals surface area contributed by atoms with E-state index >= 15 is 0 Å². The summed E-state index contributed by atoms with van der Waals surface area (Å²) < 4.78 is 18.6. The standard InChI is InChI=1S/C16H15FN4O5/c1-26-10-3-5-13(14(7-10)21(24)25)20-15(22)8-19-9-2-4-11(16(18)23)12(17)6-9/h2-7,19H,8H2,1H3,(H2,18,23)(H,20,22). The minimum absolute atomic E-state index is 0.00198. The van der Waals surface area contributed by atoms with Crippen LogP contribution in [0.4, 0.5) is 21.5 Å². The van der Waals surface area contributed by atoms with Gasteiger partial charge in [0.15, 0.2) is 0 Å². The molecule has 0 radical (unpaired) electrons. The molecule has 0 aliphatic heterocycles. The van der Waals surface area contributed by atoms with Crippen LogP contribution in [0, 0.1) is 15.9 Å². The number of nitro groups is 1. The normalized spacial score (nSPS) is 10.1. The Bertz CT molecular complexity index is 872. The Morgan fingerprint density at radius 2 is 2.00 bits per heavy atom. The van der Waals surface area contributed by atoms with Crippen molar-refractivity contribution in [3.05, 3.63) is 57.9 Å². The Morgan fingerprint density at radius 3 is 2.58 bits per heavy atom. The summed E-state index contributed by atoms with van der Waals surface area (Å²) in [5.74, 6) is -2.04. The van der Waals surface area contributed by atoms with Crippen molar-refractivity contribution in [3.63, 3.8) is 0 Å². The van der Waals surface area contributed by atoms with Crippen LogP contribution in [-0.4, -0.2) is 30.4 Å². The van der Waals surface area contributed by atoms with E-state index in [1.165, 1.54) is 37.4 Å². The predicted octanol–water partition coefficient (Wildman–Crippen LogP) is 1.89. The molecule has 0 saturated heterocycles. The zero-order chi connectivity index (χ0) is 19.3. The third kappa shape index (κ3) is 4.44. The van der Waals surface area contributed by atoms with E-state index < -0.39 is 22.6 Å². The number of nitrogens with two attached hydrogens (primary N) is 1. The summed E-state index contributed by atoms with van der Waals surface area (Å²) in [6.07, 6.45) is 0. The Hall–Kier alpha value is -3.69. The third-order valence-electron chi connectivity index (χ3n) is 3.36. The van der Waals surface area contributed by atoms with Crippen molar-refractivity contribution in [2.45, 2.75) is 0 Å². The van der Waals surface area contributed by atoms with Crippen molar-refractivity contribution in [2.24, 2.45) is 5.73 Å². The maximum absolute atomic E-state index is 13.7. The molecule has 2 amide bonds. The number of nitro benzene ring substituents is 1. The van der Waals surface area contributed by atoms with Crippen molar-refractivity contribution in [2.75, 3.05) is 24.3 Å². The van der Waals surface area contributed by atoms with Gasteiger partial charge in [0.1, 0.15) is 17.3 Å². The molecule has 136 valence electrons. The summed E-state index contributed by atoms with van der Waals surface area (Å²) in [7, 11) is 1.36. The molecular weight excluding hydrogens is 347 g/mol. The van der Waals surface area contributed by atoms with Crippen molar-refractivity contribution < 1.29 is 23.6 Å². The number of carbonyl (C=O) groups excluding carboxylic acids is 2. The van der Waals surface area contributed by atoms with Crippen LogP contribution >= 0.6 is 0 Å². The molecule has 2 rings (SSSR count). The maximum atomic E-state index is 13.7. The van der Waals surface area contributed by atoms with Gasteiger partial charge in [-0.05, 0) is 30.3 Å². The highest BCUT2D eigenvalue weighted by molar-refractivity contribution is 5.96. The highest BCUT2D eigenvalue weighted by atomic mass is 19.1. The summed E-state index contributed by atoms with van der Waals surface area (Å²) >= 11 is 0. The molecule has 0 unspecified atom stereocenters. The Morgan fingerprint density at radius 1 is 1.27 bits per heavy atom. The summed E-state index contributed by atoms with van der Waals surface area (Å²) in [6, 6.07) is 7.58. The van der Waals surface area contributed by atoms with Gasteiger partial charge in [0.25, 0.3) is 11.6 Å². The molecule has 4 N–H and O–H groups in total. The molecule has 0 aliphatic carbocycles. The van der Waals surface area contributed by atoms with E-state index in [1.807, 2.05) is 0 Å². The topological polar surface area (TPSA) is 137 Å². The molecule has 0 aliphatic rings. The Kier molecular flexibility index (Phi) is 5.68. The van der Waals surface area contributed by atoms with Crippen LogP contribution in [0.25, 0.3) is 0 Å². The predicted molar refractivity (Wildman–Crippen MR) is 91.7 cm³/mol. The lowest BCUT2D eigenvalue weighted by Gasteiger charge is -2.10. The van der Waals surface area contributed by atoms with Crippen molar-refractivity contribution in [1.82, 2.24) is 0 Å². The van der Waals surface area contributed by atoms with E-state index in [1.54, 1.807) is 0 Å². The Balaban J connectivity index is 2.04. The second-order valence-corrected chi connectivity index (χ2v) is 5.10. The van der Waals surface area contributed by atoms with Gasteiger partial charge < -0.3 is 21.1 Å². The number of hydrogen-bond donors (Lipinski definition) is 3. The number of nitrogens with one attached hydrogen (secondary N) is 2. The van der Waals surface area contributed by atoms with Gasteiger partial charge in [-0.25, -0.2) is 4.39 Å². The van der Waals surface area contributed by atoms with E-state index in [9.17, 15) is 24.1 Å². The number of primary amides is 1. The molecule has 10 heteroatoms. The average molecular weight is 362 g/mol. The van der Waals surface area contributed by atoms with E-state index in [0.29, 0.717) is 0 Å². The fourth-order valence-electron chi connectivity index (χ4n) is 2.10. The molecule has 26 heavy (non-hydrogen) atoms. The number of nitrogens with zero attached hydrogens (tertiary/aromatic N) is 1. The first-order chi connectivity index (χ1) is 12.3. The number of hydrogen-bond acceptors (Lipinski definition) is 6. The zero-order valence-corrected chi connectivity index (χ0v) is 13.6. The third-order valence-corrected chi connectivity index (χ3v) is 3.36. The number of ether oxygens (including phenoxy) is 1. The number of benzene rings is 2. The number of anilines is 2. The van der Waals surface area contributed by atoms with Crippen molar-refractivity contribution in [3.8, 4) is 5.75 Å². The highest BCUT2D eigenvalue weighted by Crippen LogP contribution is 2.28. The van der Waals surface area contributed by atoms with E-state index in [-0.39, 0.29) is 34.9 Å². The molecular formula is C16H15FN4O5. The van der Waals surface area contributed by atoms with Gasteiger partial charge in [-0.3, -0.25) is 19.7 Å². The molecule has 2 aromatic rings. The fraction of sp³-hybridized carbons (Fsp3) is 0.125. The lowest BCUT2D eigenvalue weighted by Crippen LogP contribution is -2.22. The number of halogens is 1. The van der Waals surface area contributed by atoms with Gasteiger partial charge in [0.2, 0.25) is 5.91 Å². The molecule has 2 aromatic carbocycles. The summed E-state index contributed by atoms with van der Waals surface area (Å²) in [5.41, 5.74) is 4.65. The van der Waals surface area contributed by atoms with Crippen LogP contribution in [0.1, 0.15) is 10.4 Å². The zero-order valence-electron chi connectivity index (χ0n) is 13.6. The minimum Gasteiger partial charge on any atom is -0.496 e. The lowest BCUT2D eigenvalue weighted by molar-refractivity contribution is -0.384. The first kappa shape index (κ1) is 18.6. The van der Waals surface area contributed by atoms with Crippen LogP contribution in [0.5, 0.6) is 5.75 Å². The molecule has 9 nitrogen and oxygen atoms in total. The highest BCUT2D eigenvalue weighted by Gasteiger charge is 2.17. The molecule has 0 bridgehead atoms. The quantitative estimate of drug-likeness (QED) is 0.508. The first-order valence-electron chi connectivity index (χ1n) is 7.27. The van der Waals surface area contributed by atoms with Gasteiger partial charge >= 0.3 is 0 Å².